The molecule has 1 saturated heterocycles. The minimum atomic E-state index is -0.556. The Hall–Kier alpha value is -2.88. The summed E-state index contributed by atoms with van der Waals surface area (Å²) in [5.74, 6) is 0.332. The van der Waals surface area contributed by atoms with Gasteiger partial charge in [-0.25, -0.2) is 4.79 Å². The Labute approximate surface area is 176 Å². The van der Waals surface area contributed by atoms with E-state index < -0.39 is 4.92 Å². The van der Waals surface area contributed by atoms with Gasteiger partial charge >= 0.3 is 6.09 Å². The summed E-state index contributed by atoms with van der Waals surface area (Å²) in [6.07, 6.45) is 0.693. The van der Waals surface area contributed by atoms with Crippen LogP contribution in [-0.4, -0.2) is 73.2 Å². The third-order valence-electron chi connectivity index (χ3n) is 4.72. The second-order valence-corrected chi connectivity index (χ2v) is 7.59. The largest absolute Gasteiger partial charge is 0.496 e. The van der Waals surface area contributed by atoms with Gasteiger partial charge in [0.05, 0.1) is 24.7 Å². The van der Waals surface area contributed by atoms with E-state index in [2.05, 4.69) is 10.2 Å². The van der Waals surface area contributed by atoms with E-state index in [1.165, 1.54) is 19.2 Å². The number of nitrogens with zero attached hydrogens (tertiary/aromatic N) is 3. The van der Waals surface area contributed by atoms with Gasteiger partial charge in [-0.05, 0) is 31.0 Å². The summed E-state index contributed by atoms with van der Waals surface area (Å²) in [6, 6.07) is 4.29. The number of ether oxygens (including phenoxy) is 2. The lowest BCUT2D eigenvalue weighted by atomic mass is 10.2. The molecule has 0 aliphatic carbocycles. The molecule has 1 N–H and O–H groups in total. The van der Waals surface area contributed by atoms with Crippen LogP contribution in [-0.2, 0) is 9.53 Å². The number of nitrogens with one attached hydrogen (secondary N) is 1. The number of benzene rings is 1. The first-order chi connectivity index (χ1) is 14.3. The quantitative estimate of drug-likeness (QED) is 0.506. The average Bonchev–Trinajstić information content (AvgIpc) is 2.96. The van der Waals surface area contributed by atoms with Crippen LogP contribution in [0.3, 0.4) is 0 Å². The van der Waals surface area contributed by atoms with Crippen molar-refractivity contribution in [1.29, 1.82) is 0 Å². The molecule has 10 heteroatoms. The van der Waals surface area contributed by atoms with E-state index in [1.54, 1.807) is 11.0 Å². The monoisotopic (exact) mass is 422 g/mol. The Morgan fingerprint density at radius 3 is 2.67 bits per heavy atom. The molecule has 10 nitrogen and oxygen atoms in total. The van der Waals surface area contributed by atoms with Crippen LogP contribution < -0.4 is 10.1 Å². The van der Waals surface area contributed by atoms with Crippen LogP contribution in [0.15, 0.2) is 18.2 Å². The van der Waals surface area contributed by atoms with Crippen molar-refractivity contribution in [2.75, 3.05) is 51.8 Å². The molecular formula is C20H30N4O6. The number of carbonyl (C=O) groups excluding carboxylic acids is 2. The van der Waals surface area contributed by atoms with Gasteiger partial charge in [-0.1, -0.05) is 13.8 Å². The molecule has 1 aromatic carbocycles. The first-order valence-corrected chi connectivity index (χ1v) is 10.1. The molecule has 1 aliphatic heterocycles. The molecule has 0 spiro atoms. The fourth-order valence-electron chi connectivity index (χ4n) is 3.07. The molecule has 1 heterocycles. The van der Waals surface area contributed by atoms with Crippen LogP contribution in [0.4, 0.5) is 16.2 Å². The first kappa shape index (κ1) is 23.4. The summed E-state index contributed by atoms with van der Waals surface area (Å²) in [5, 5.41) is 13.8. The molecule has 166 valence electrons. The van der Waals surface area contributed by atoms with Crippen molar-refractivity contribution in [3.8, 4) is 5.75 Å². The van der Waals surface area contributed by atoms with Gasteiger partial charge in [0.2, 0.25) is 5.91 Å². The smallest absolute Gasteiger partial charge is 0.409 e. The molecule has 1 fully saturated rings. The van der Waals surface area contributed by atoms with Gasteiger partial charge in [-0.2, -0.15) is 0 Å². The van der Waals surface area contributed by atoms with E-state index in [0.29, 0.717) is 38.5 Å². The lowest BCUT2D eigenvalue weighted by molar-refractivity contribution is -0.384. The van der Waals surface area contributed by atoms with E-state index in [9.17, 15) is 19.7 Å². The lowest BCUT2D eigenvalue weighted by Gasteiger charge is -2.22. The summed E-state index contributed by atoms with van der Waals surface area (Å²) in [6.45, 7) is 7.46. The third-order valence-corrected chi connectivity index (χ3v) is 4.72. The maximum atomic E-state index is 12.3. The SMILES string of the molecule is COc1ccc(NC(=O)CCN2CCCN(C(=O)OCC(C)C)CC2)c([N+](=O)[O-])c1. The minimum absolute atomic E-state index is 0.140. The standard InChI is InChI=1S/C20H30N4O6/c1-15(2)14-30-20(26)23-9-4-8-22(11-12-23)10-7-19(25)21-17-6-5-16(29-3)13-18(17)24(27)28/h5-6,13,15H,4,7-12,14H2,1-3H3,(H,21,25). The number of nitro benzene ring substituents is 1. The van der Waals surface area contributed by atoms with Crippen LogP contribution in [0.2, 0.25) is 0 Å². The zero-order chi connectivity index (χ0) is 22.1. The number of anilines is 1. The minimum Gasteiger partial charge on any atom is -0.496 e. The molecule has 0 atom stereocenters. The number of carbonyl (C=O) groups is 2. The van der Waals surface area contributed by atoms with Crippen LogP contribution in [0, 0.1) is 16.0 Å². The van der Waals surface area contributed by atoms with Crippen molar-refractivity contribution in [2.24, 2.45) is 5.92 Å². The van der Waals surface area contributed by atoms with E-state index >= 15 is 0 Å². The number of rotatable bonds is 8. The highest BCUT2D eigenvalue weighted by Crippen LogP contribution is 2.29. The predicted octanol–water partition coefficient (Wildman–Crippen LogP) is 2.73. The van der Waals surface area contributed by atoms with Gasteiger partial charge in [0.15, 0.2) is 0 Å². The van der Waals surface area contributed by atoms with Gasteiger partial charge in [0.25, 0.3) is 5.69 Å². The van der Waals surface area contributed by atoms with Crippen molar-refractivity contribution >= 4 is 23.4 Å². The normalized spacial score (nSPS) is 14.9. The van der Waals surface area contributed by atoms with Gasteiger partial charge in [0, 0.05) is 32.6 Å². The van der Waals surface area contributed by atoms with Gasteiger partial charge in [-0.3, -0.25) is 14.9 Å². The molecular weight excluding hydrogens is 392 g/mol. The number of methoxy groups -OCH3 is 1. The summed E-state index contributed by atoms with van der Waals surface area (Å²) in [7, 11) is 1.42. The van der Waals surface area contributed by atoms with Gasteiger partial charge in [0.1, 0.15) is 11.4 Å². The zero-order valence-electron chi connectivity index (χ0n) is 17.8. The van der Waals surface area contributed by atoms with Crippen molar-refractivity contribution < 1.29 is 24.0 Å². The van der Waals surface area contributed by atoms with Crippen molar-refractivity contribution in [3.05, 3.63) is 28.3 Å². The molecule has 1 aromatic rings. The fourth-order valence-corrected chi connectivity index (χ4v) is 3.07. The van der Waals surface area contributed by atoms with Gasteiger partial charge in [-0.15, -0.1) is 0 Å². The van der Waals surface area contributed by atoms with E-state index in [0.717, 1.165) is 13.0 Å². The molecule has 30 heavy (non-hydrogen) atoms. The van der Waals surface area contributed by atoms with E-state index in [-0.39, 0.29) is 35.7 Å². The Bertz CT molecular complexity index is 755. The molecule has 0 unspecified atom stereocenters. The van der Waals surface area contributed by atoms with Crippen LogP contribution >= 0.6 is 0 Å². The molecule has 0 radical (unpaired) electrons. The van der Waals surface area contributed by atoms with E-state index in [1.807, 2.05) is 13.8 Å². The van der Waals surface area contributed by atoms with Crippen LogP contribution in [0.5, 0.6) is 5.75 Å². The fraction of sp³-hybridized carbons (Fsp3) is 0.600. The van der Waals surface area contributed by atoms with Crippen LogP contribution in [0.1, 0.15) is 26.7 Å². The maximum absolute atomic E-state index is 12.3. The first-order valence-electron chi connectivity index (χ1n) is 10.1. The third kappa shape index (κ3) is 7.18. The number of hydrogen-bond donors (Lipinski definition) is 1. The lowest BCUT2D eigenvalue weighted by Crippen LogP contribution is -2.36. The van der Waals surface area contributed by atoms with Gasteiger partial charge < -0.3 is 24.6 Å². The van der Waals surface area contributed by atoms with Crippen molar-refractivity contribution in [1.82, 2.24) is 9.80 Å². The average molecular weight is 422 g/mol. The Morgan fingerprint density at radius 1 is 1.23 bits per heavy atom. The highest BCUT2D eigenvalue weighted by Gasteiger charge is 2.21. The van der Waals surface area contributed by atoms with Crippen LogP contribution in [0.25, 0.3) is 0 Å². The molecule has 0 aromatic heterocycles. The predicted molar refractivity (Wildman–Crippen MR) is 112 cm³/mol. The molecule has 2 amide bonds. The zero-order valence-corrected chi connectivity index (χ0v) is 17.8. The molecule has 2 rings (SSSR count). The summed E-state index contributed by atoms with van der Waals surface area (Å²) >= 11 is 0. The number of hydrogen-bond acceptors (Lipinski definition) is 7. The number of amides is 2. The van der Waals surface area contributed by atoms with E-state index in [4.69, 9.17) is 9.47 Å². The Kier molecular flexibility index (Phi) is 8.85. The Morgan fingerprint density at radius 2 is 2.00 bits per heavy atom. The number of nitro groups is 1. The maximum Gasteiger partial charge on any atom is 0.409 e. The van der Waals surface area contributed by atoms with Crippen molar-refractivity contribution in [3.63, 3.8) is 0 Å². The van der Waals surface area contributed by atoms with Crippen molar-refractivity contribution in [2.45, 2.75) is 26.7 Å². The molecule has 0 saturated carbocycles. The highest BCUT2D eigenvalue weighted by molar-refractivity contribution is 5.93. The molecule has 1 aliphatic rings. The summed E-state index contributed by atoms with van der Waals surface area (Å²) in [4.78, 5) is 38.9. The Balaban J connectivity index is 1.83. The summed E-state index contributed by atoms with van der Waals surface area (Å²) < 4.78 is 10.3. The highest BCUT2D eigenvalue weighted by atomic mass is 16.6. The molecule has 0 bridgehead atoms. The summed E-state index contributed by atoms with van der Waals surface area (Å²) in [5.41, 5.74) is -0.0752. The second-order valence-electron chi connectivity index (χ2n) is 7.59. The topological polar surface area (TPSA) is 114 Å². The second kappa shape index (κ2) is 11.3.